The summed E-state index contributed by atoms with van der Waals surface area (Å²) in [7, 11) is 0. The number of carbonyl (C=O) groups is 1. The molecule has 0 bridgehead atoms. The van der Waals surface area contributed by atoms with Crippen LogP contribution in [0.15, 0.2) is 12.2 Å². The number of amides is 1. The third-order valence-electron chi connectivity index (χ3n) is 2.23. The average Bonchev–Trinajstić information content (AvgIpc) is 2.20. The molecule has 0 aromatic rings. The molecule has 0 spiro atoms. The summed E-state index contributed by atoms with van der Waals surface area (Å²) < 4.78 is 0. The molecule has 3 nitrogen and oxygen atoms in total. The van der Waals surface area contributed by atoms with Gasteiger partial charge in [-0.3, -0.25) is 4.79 Å². The van der Waals surface area contributed by atoms with Gasteiger partial charge in [0.25, 0.3) is 0 Å². The molecular formula is C12H19NO2. The van der Waals surface area contributed by atoms with Crippen molar-refractivity contribution < 1.29 is 9.90 Å². The van der Waals surface area contributed by atoms with E-state index in [0.29, 0.717) is 13.1 Å². The van der Waals surface area contributed by atoms with Crippen molar-refractivity contribution in [3.63, 3.8) is 0 Å². The lowest BCUT2D eigenvalue weighted by molar-refractivity contribution is -0.125. The summed E-state index contributed by atoms with van der Waals surface area (Å²) in [5, 5.41) is 9.26. The minimum atomic E-state index is -0.629. The molecule has 84 valence electrons. The Hall–Kier alpha value is -1.27. The molecule has 0 aromatic carbocycles. The van der Waals surface area contributed by atoms with Gasteiger partial charge in [0.15, 0.2) is 0 Å². The van der Waals surface area contributed by atoms with Gasteiger partial charge in [-0.15, -0.1) is 6.42 Å². The van der Waals surface area contributed by atoms with E-state index in [1.807, 2.05) is 13.8 Å². The van der Waals surface area contributed by atoms with E-state index < -0.39 is 12.0 Å². The number of likely N-dealkylation sites (N-methyl/N-ethyl adjacent to an activating group) is 1. The van der Waals surface area contributed by atoms with Crippen molar-refractivity contribution in [1.29, 1.82) is 0 Å². The minimum Gasteiger partial charge on any atom is -0.392 e. The fourth-order valence-corrected chi connectivity index (χ4v) is 1.18. The minimum absolute atomic E-state index is 0.0686. The molecule has 1 unspecified atom stereocenters. The van der Waals surface area contributed by atoms with Crippen molar-refractivity contribution >= 4 is 5.91 Å². The number of nitrogens with zero attached hydrogens (tertiary/aromatic N) is 1. The van der Waals surface area contributed by atoms with Crippen molar-refractivity contribution in [2.75, 3.05) is 13.1 Å². The van der Waals surface area contributed by atoms with Crippen molar-refractivity contribution in [2.24, 2.45) is 5.92 Å². The first-order valence-corrected chi connectivity index (χ1v) is 5.18. The van der Waals surface area contributed by atoms with Gasteiger partial charge in [-0.25, -0.2) is 0 Å². The smallest absolute Gasteiger partial charge is 0.246 e. The predicted molar refractivity (Wildman–Crippen MR) is 61.1 cm³/mol. The highest BCUT2D eigenvalue weighted by molar-refractivity contribution is 5.87. The van der Waals surface area contributed by atoms with Crippen molar-refractivity contribution in [3.8, 4) is 12.3 Å². The second kappa shape index (κ2) is 7.08. The van der Waals surface area contributed by atoms with Gasteiger partial charge in [0.2, 0.25) is 5.91 Å². The van der Waals surface area contributed by atoms with Gasteiger partial charge in [0, 0.05) is 19.2 Å². The number of terminal acetylenes is 1. The molecule has 0 aliphatic rings. The van der Waals surface area contributed by atoms with Crippen LogP contribution in [0.2, 0.25) is 0 Å². The molecule has 2 atom stereocenters. The van der Waals surface area contributed by atoms with E-state index in [4.69, 9.17) is 6.42 Å². The molecule has 0 aromatic heterocycles. The van der Waals surface area contributed by atoms with Gasteiger partial charge in [-0.1, -0.05) is 12.0 Å². The Kier molecular flexibility index (Phi) is 6.48. The molecular weight excluding hydrogens is 190 g/mol. The molecule has 1 amide bonds. The van der Waals surface area contributed by atoms with Gasteiger partial charge in [0.1, 0.15) is 0 Å². The van der Waals surface area contributed by atoms with Gasteiger partial charge in [-0.05, 0) is 20.8 Å². The standard InChI is InChI=1S/C12H19NO2/c1-5-11(10(4)14)8-9-12(15)13(6-2)7-3/h1,8-11,14H,6-7H2,2-4H3/b9-8+/t10-,11?/m0/s1. The van der Waals surface area contributed by atoms with Crippen LogP contribution in [-0.4, -0.2) is 35.1 Å². The number of aliphatic hydroxyl groups excluding tert-OH is 1. The molecule has 0 heterocycles. The van der Waals surface area contributed by atoms with Crippen LogP contribution in [0.25, 0.3) is 0 Å². The zero-order valence-electron chi connectivity index (χ0n) is 9.60. The van der Waals surface area contributed by atoms with Crippen LogP contribution in [0.3, 0.4) is 0 Å². The normalized spacial score (nSPS) is 14.6. The van der Waals surface area contributed by atoms with Gasteiger partial charge >= 0.3 is 0 Å². The molecule has 0 radical (unpaired) electrons. The maximum Gasteiger partial charge on any atom is 0.246 e. The molecule has 0 saturated heterocycles. The van der Waals surface area contributed by atoms with Crippen LogP contribution in [0, 0.1) is 18.3 Å². The zero-order valence-corrected chi connectivity index (χ0v) is 9.60. The Labute approximate surface area is 91.8 Å². The zero-order chi connectivity index (χ0) is 11.8. The van der Waals surface area contributed by atoms with E-state index >= 15 is 0 Å². The van der Waals surface area contributed by atoms with Crippen molar-refractivity contribution in [1.82, 2.24) is 4.90 Å². The first kappa shape index (κ1) is 13.7. The summed E-state index contributed by atoms with van der Waals surface area (Å²) in [6, 6.07) is 0. The molecule has 0 fully saturated rings. The quantitative estimate of drug-likeness (QED) is 0.543. The number of hydrogen-bond donors (Lipinski definition) is 1. The van der Waals surface area contributed by atoms with E-state index in [1.54, 1.807) is 17.9 Å². The average molecular weight is 209 g/mol. The molecule has 15 heavy (non-hydrogen) atoms. The van der Waals surface area contributed by atoms with E-state index in [2.05, 4.69) is 5.92 Å². The summed E-state index contributed by atoms with van der Waals surface area (Å²) >= 11 is 0. The molecule has 0 rings (SSSR count). The van der Waals surface area contributed by atoms with Crippen LogP contribution in [0.5, 0.6) is 0 Å². The molecule has 0 aliphatic heterocycles. The van der Waals surface area contributed by atoms with Crippen molar-refractivity contribution in [2.45, 2.75) is 26.9 Å². The highest BCUT2D eigenvalue weighted by Gasteiger charge is 2.10. The lowest BCUT2D eigenvalue weighted by Crippen LogP contribution is -2.29. The Bertz CT molecular complexity index is 259. The topological polar surface area (TPSA) is 40.5 Å². The number of aliphatic hydroxyl groups is 1. The monoisotopic (exact) mass is 209 g/mol. The summed E-state index contributed by atoms with van der Waals surface area (Å²) in [6.45, 7) is 6.80. The summed E-state index contributed by atoms with van der Waals surface area (Å²) in [4.78, 5) is 13.2. The SMILES string of the molecule is C#CC(/C=C/C(=O)N(CC)CC)[C@H](C)O. The fourth-order valence-electron chi connectivity index (χ4n) is 1.18. The Morgan fingerprint density at radius 3 is 2.40 bits per heavy atom. The predicted octanol–water partition coefficient (Wildman–Crippen LogP) is 1.04. The van der Waals surface area contributed by atoms with E-state index in [-0.39, 0.29) is 5.91 Å². The number of carbonyl (C=O) groups excluding carboxylic acids is 1. The Balaban J connectivity index is 4.39. The van der Waals surface area contributed by atoms with Crippen molar-refractivity contribution in [3.05, 3.63) is 12.2 Å². The number of rotatable bonds is 5. The van der Waals surface area contributed by atoms with Crippen LogP contribution in [0.1, 0.15) is 20.8 Å². The van der Waals surface area contributed by atoms with Crippen LogP contribution in [0.4, 0.5) is 0 Å². The highest BCUT2D eigenvalue weighted by atomic mass is 16.3. The van der Waals surface area contributed by atoms with E-state index in [1.165, 1.54) is 6.08 Å². The van der Waals surface area contributed by atoms with Crippen LogP contribution in [-0.2, 0) is 4.79 Å². The molecule has 3 heteroatoms. The van der Waals surface area contributed by atoms with Gasteiger partial charge in [-0.2, -0.15) is 0 Å². The first-order valence-electron chi connectivity index (χ1n) is 5.18. The van der Waals surface area contributed by atoms with E-state index in [9.17, 15) is 9.90 Å². The lowest BCUT2D eigenvalue weighted by atomic mass is 10.0. The Morgan fingerprint density at radius 2 is 2.07 bits per heavy atom. The third-order valence-corrected chi connectivity index (χ3v) is 2.23. The highest BCUT2D eigenvalue weighted by Crippen LogP contribution is 2.04. The molecule has 0 saturated carbocycles. The third kappa shape index (κ3) is 4.66. The lowest BCUT2D eigenvalue weighted by Gasteiger charge is -2.16. The van der Waals surface area contributed by atoms with Crippen LogP contribution < -0.4 is 0 Å². The summed E-state index contributed by atoms with van der Waals surface area (Å²) in [5.74, 6) is 1.96. The Morgan fingerprint density at radius 1 is 1.53 bits per heavy atom. The molecule has 0 aliphatic carbocycles. The van der Waals surface area contributed by atoms with Crippen LogP contribution >= 0.6 is 0 Å². The maximum absolute atomic E-state index is 11.5. The van der Waals surface area contributed by atoms with Gasteiger partial charge < -0.3 is 10.0 Å². The van der Waals surface area contributed by atoms with E-state index in [0.717, 1.165) is 0 Å². The summed E-state index contributed by atoms with van der Waals surface area (Å²) in [6.07, 6.45) is 7.60. The summed E-state index contributed by atoms with van der Waals surface area (Å²) in [5.41, 5.74) is 0. The van der Waals surface area contributed by atoms with Gasteiger partial charge in [0.05, 0.1) is 12.0 Å². The second-order valence-corrected chi connectivity index (χ2v) is 3.30. The largest absolute Gasteiger partial charge is 0.392 e. The first-order chi connectivity index (χ1) is 7.06. The second-order valence-electron chi connectivity index (χ2n) is 3.30. The maximum atomic E-state index is 11.5. The fraction of sp³-hybridized carbons (Fsp3) is 0.583. The molecule has 1 N–H and O–H groups in total. The number of hydrogen-bond acceptors (Lipinski definition) is 2.